The van der Waals surface area contributed by atoms with E-state index < -0.39 is 20.4 Å². The molecule has 4 nitrogen and oxygen atoms in total. The molecule has 2 atom stereocenters. The van der Waals surface area contributed by atoms with E-state index in [-0.39, 0.29) is 11.1 Å². The molecule has 5 heteroatoms. The van der Waals surface area contributed by atoms with Gasteiger partial charge >= 0.3 is 5.97 Å². The van der Waals surface area contributed by atoms with Crippen molar-refractivity contribution in [3.05, 3.63) is 12.2 Å². The molecule has 0 amide bonds. The molecule has 0 saturated heterocycles. The molecule has 0 radical (unpaired) electrons. The number of aliphatic hydroxyl groups excluding tert-OH is 1. The van der Waals surface area contributed by atoms with Crippen LogP contribution in [0.5, 0.6) is 0 Å². The third-order valence-corrected chi connectivity index (χ3v) is 8.06. The lowest BCUT2D eigenvalue weighted by Crippen LogP contribution is -2.45. The first-order chi connectivity index (χ1) is 8.51. The minimum atomic E-state index is -1.91. The highest BCUT2D eigenvalue weighted by Gasteiger charge is 2.39. The Morgan fingerprint density at radius 2 is 1.89 bits per heavy atom. The molecule has 0 spiro atoms. The fraction of sp³-hybridized carbons (Fsp3) is 0.786. The molecular weight excluding hydrogens is 260 g/mol. The maximum atomic E-state index is 11.2. The summed E-state index contributed by atoms with van der Waals surface area (Å²) in [6.45, 7) is 14.6. The standard InChI is InChI=1S/C14H28O4Si/c1-8-17-13(16)10-9-12(15)11(2)18-19(6,7)14(3,4)5/h9-12,15H,8H2,1-7H3/b10-9+/t11-,12-/m1/s1. The average Bonchev–Trinajstić information content (AvgIpc) is 2.24. The van der Waals surface area contributed by atoms with Crippen molar-refractivity contribution >= 4 is 14.3 Å². The number of carbonyl (C=O) groups excluding carboxylic acids is 1. The third kappa shape index (κ3) is 6.36. The van der Waals surface area contributed by atoms with Crippen LogP contribution in [-0.4, -0.2) is 38.2 Å². The van der Waals surface area contributed by atoms with E-state index >= 15 is 0 Å². The van der Waals surface area contributed by atoms with E-state index in [0.29, 0.717) is 6.61 Å². The molecule has 0 unspecified atom stereocenters. The van der Waals surface area contributed by atoms with Gasteiger partial charge in [-0.15, -0.1) is 0 Å². The molecule has 1 N–H and O–H groups in total. The second kappa shape index (κ2) is 7.22. The van der Waals surface area contributed by atoms with Crippen molar-refractivity contribution in [1.29, 1.82) is 0 Å². The normalized spacial score (nSPS) is 16.4. The molecule has 112 valence electrons. The molecule has 0 heterocycles. The summed E-state index contributed by atoms with van der Waals surface area (Å²) < 4.78 is 10.8. The molecule has 0 saturated carbocycles. The van der Waals surface area contributed by atoms with Crippen LogP contribution in [0.2, 0.25) is 18.1 Å². The van der Waals surface area contributed by atoms with Crippen LogP contribution < -0.4 is 0 Å². The number of ether oxygens (including phenoxy) is 1. The summed E-state index contributed by atoms with van der Waals surface area (Å²) in [5, 5.41) is 10.1. The lowest BCUT2D eigenvalue weighted by Gasteiger charge is -2.39. The van der Waals surface area contributed by atoms with Gasteiger partial charge in [-0.2, -0.15) is 0 Å². The fourth-order valence-electron chi connectivity index (χ4n) is 1.24. The van der Waals surface area contributed by atoms with Crippen molar-refractivity contribution in [1.82, 2.24) is 0 Å². The summed E-state index contributed by atoms with van der Waals surface area (Å²) in [6, 6.07) is 0. The molecular formula is C14H28O4Si. The first-order valence-electron chi connectivity index (χ1n) is 6.72. The van der Waals surface area contributed by atoms with Gasteiger partial charge in [-0.05, 0) is 38.1 Å². The van der Waals surface area contributed by atoms with Crippen molar-refractivity contribution in [3.8, 4) is 0 Å². The maximum absolute atomic E-state index is 11.2. The summed E-state index contributed by atoms with van der Waals surface area (Å²) in [4.78, 5) is 11.2. The number of esters is 1. The van der Waals surface area contributed by atoms with Crippen LogP contribution >= 0.6 is 0 Å². The smallest absolute Gasteiger partial charge is 0.330 e. The van der Waals surface area contributed by atoms with Gasteiger partial charge in [0.2, 0.25) is 0 Å². The van der Waals surface area contributed by atoms with Crippen molar-refractivity contribution in [3.63, 3.8) is 0 Å². The lowest BCUT2D eigenvalue weighted by atomic mass is 10.2. The molecule has 0 bridgehead atoms. The van der Waals surface area contributed by atoms with Crippen molar-refractivity contribution in [2.24, 2.45) is 0 Å². The maximum Gasteiger partial charge on any atom is 0.330 e. The van der Waals surface area contributed by atoms with Crippen molar-refractivity contribution in [2.45, 2.75) is 65.0 Å². The van der Waals surface area contributed by atoms with Gasteiger partial charge in [-0.3, -0.25) is 0 Å². The Morgan fingerprint density at radius 3 is 2.32 bits per heavy atom. The van der Waals surface area contributed by atoms with Gasteiger partial charge in [-0.25, -0.2) is 4.79 Å². The zero-order valence-electron chi connectivity index (χ0n) is 13.2. The highest BCUT2D eigenvalue weighted by atomic mass is 28.4. The Hall–Kier alpha value is -0.653. The summed E-state index contributed by atoms with van der Waals surface area (Å²) >= 11 is 0. The van der Waals surface area contributed by atoms with E-state index in [1.54, 1.807) is 6.92 Å². The number of hydrogen-bond acceptors (Lipinski definition) is 4. The van der Waals surface area contributed by atoms with Crippen LogP contribution in [-0.2, 0) is 14.0 Å². The summed E-state index contributed by atoms with van der Waals surface area (Å²) in [6.07, 6.45) is 1.53. The molecule has 19 heavy (non-hydrogen) atoms. The topological polar surface area (TPSA) is 55.8 Å². The average molecular weight is 288 g/mol. The van der Waals surface area contributed by atoms with E-state index in [1.807, 2.05) is 6.92 Å². The minimum Gasteiger partial charge on any atom is -0.463 e. The summed E-state index contributed by atoms with van der Waals surface area (Å²) in [5.41, 5.74) is 0. The van der Waals surface area contributed by atoms with Gasteiger partial charge in [0.1, 0.15) is 0 Å². The highest BCUT2D eigenvalue weighted by Crippen LogP contribution is 2.37. The Labute approximate surface area is 117 Å². The van der Waals surface area contributed by atoms with Crippen LogP contribution in [0, 0.1) is 0 Å². The predicted octanol–water partition coefficient (Wildman–Crippen LogP) is 2.88. The second-order valence-corrected chi connectivity index (χ2v) is 10.9. The van der Waals surface area contributed by atoms with Crippen molar-refractivity contribution < 1.29 is 19.1 Å². The van der Waals surface area contributed by atoms with Crippen LogP contribution in [0.15, 0.2) is 12.2 Å². The van der Waals surface area contributed by atoms with Gasteiger partial charge in [0.15, 0.2) is 8.32 Å². The Balaban J connectivity index is 4.51. The zero-order valence-corrected chi connectivity index (χ0v) is 14.2. The molecule has 0 aliphatic carbocycles. The number of carbonyl (C=O) groups is 1. The molecule has 0 aromatic heterocycles. The summed E-state index contributed by atoms with van der Waals surface area (Å²) in [7, 11) is -1.91. The molecule has 0 aromatic rings. The largest absolute Gasteiger partial charge is 0.463 e. The zero-order chi connectivity index (χ0) is 15.3. The number of aliphatic hydroxyl groups is 1. The van der Waals surface area contributed by atoms with E-state index in [1.165, 1.54) is 12.2 Å². The van der Waals surface area contributed by atoms with E-state index in [2.05, 4.69) is 33.9 Å². The van der Waals surface area contributed by atoms with E-state index in [4.69, 9.17) is 9.16 Å². The first kappa shape index (κ1) is 18.3. The molecule has 0 aliphatic heterocycles. The van der Waals surface area contributed by atoms with E-state index in [0.717, 1.165) is 0 Å². The van der Waals surface area contributed by atoms with Crippen LogP contribution in [0.25, 0.3) is 0 Å². The van der Waals surface area contributed by atoms with Gasteiger partial charge in [0.05, 0.1) is 18.8 Å². The van der Waals surface area contributed by atoms with Crippen molar-refractivity contribution in [2.75, 3.05) is 6.61 Å². The molecule has 0 fully saturated rings. The Kier molecular flexibility index (Phi) is 6.97. The Morgan fingerprint density at radius 1 is 1.37 bits per heavy atom. The van der Waals surface area contributed by atoms with Gasteiger partial charge < -0.3 is 14.3 Å². The molecule has 0 aliphatic rings. The third-order valence-electron chi connectivity index (χ3n) is 3.48. The van der Waals surface area contributed by atoms with Crippen LogP contribution in [0.3, 0.4) is 0 Å². The highest BCUT2D eigenvalue weighted by molar-refractivity contribution is 6.74. The Bertz CT molecular complexity index is 318. The van der Waals surface area contributed by atoms with Gasteiger partial charge in [0, 0.05) is 6.08 Å². The fourth-order valence-corrected chi connectivity index (χ4v) is 2.66. The van der Waals surface area contributed by atoms with Gasteiger partial charge in [-0.1, -0.05) is 20.8 Å². The molecule has 0 rings (SSSR count). The van der Waals surface area contributed by atoms with E-state index in [9.17, 15) is 9.90 Å². The van der Waals surface area contributed by atoms with Gasteiger partial charge in [0.25, 0.3) is 0 Å². The first-order valence-corrected chi connectivity index (χ1v) is 9.63. The number of hydrogen-bond donors (Lipinski definition) is 1. The quantitative estimate of drug-likeness (QED) is 0.464. The monoisotopic (exact) mass is 288 g/mol. The van der Waals surface area contributed by atoms with Crippen LogP contribution in [0.4, 0.5) is 0 Å². The second-order valence-electron chi connectivity index (χ2n) is 6.19. The molecule has 0 aromatic carbocycles. The number of rotatable bonds is 6. The minimum absolute atomic E-state index is 0.0891. The summed E-state index contributed by atoms with van der Waals surface area (Å²) in [5.74, 6) is -0.443. The van der Waals surface area contributed by atoms with Crippen LogP contribution in [0.1, 0.15) is 34.6 Å². The SMILES string of the molecule is CCOC(=O)/C=C/[C@@H](O)[C@@H](C)O[Si](C)(C)C(C)(C)C. The predicted molar refractivity (Wildman–Crippen MR) is 79.5 cm³/mol. The lowest BCUT2D eigenvalue weighted by molar-refractivity contribution is -0.137.